The number of rotatable bonds is 10. The first-order chi connectivity index (χ1) is 16.1. The van der Waals surface area contributed by atoms with Gasteiger partial charge < -0.3 is 14.8 Å². The van der Waals surface area contributed by atoms with Gasteiger partial charge in [0.1, 0.15) is 5.69 Å². The number of carbonyl (C=O) groups excluding carboxylic acids is 2. The van der Waals surface area contributed by atoms with Crippen molar-refractivity contribution < 1.29 is 9.59 Å². The number of fused-ring (bicyclic) bond motifs is 1. The average Bonchev–Trinajstić information content (AvgIpc) is 3.29. The Kier molecular flexibility index (Phi) is 7.52. The molecule has 0 atom stereocenters. The molecule has 0 aliphatic carbocycles. The number of carbonyl (C=O) groups is 2. The van der Waals surface area contributed by atoms with Gasteiger partial charge in [-0.05, 0) is 24.1 Å². The highest BCUT2D eigenvalue weighted by molar-refractivity contribution is 5.96. The quantitative estimate of drug-likeness (QED) is 0.487. The van der Waals surface area contributed by atoms with E-state index in [0.29, 0.717) is 37.7 Å². The fraction of sp³-hybridized carbons (Fsp3) is 0.346. The minimum atomic E-state index is -0.231. The van der Waals surface area contributed by atoms with Gasteiger partial charge in [-0.15, -0.1) is 0 Å². The number of nitrogens with zero attached hydrogens (tertiary/aromatic N) is 4. The summed E-state index contributed by atoms with van der Waals surface area (Å²) in [6, 6.07) is 20.3. The van der Waals surface area contributed by atoms with Crippen LogP contribution in [-0.2, 0) is 19.6 Å². The van der Waals surface area contributed by atoms with Crippen LogP contribution in [0.25, 0.3) is 0 Å². The lowest BCUT2D eigenvalue weighted by molar-refractivity contribution is 0.0683. The maximum Gasteiger partial charge on any atom is 0.290 e. The molecule has 0 bridgehead atoms. The molecule has 0 saturated heterocycles. The molecule has 0 unspecified atom stereocenters. The molecular weight excluding hydrogens is 414 g/mol. The summed E-state index contributed by atoms with van der Waals surface area (Å²) in [4.78, 5) is 34.0. The third-order valence-corrected chi connectivity index (χ3v) is 5.95. The van der Waals surface area contributed by atoms with E-state index in [1.807, 2.05) is 36.4 Å². The van der Waals surface area contributed by atoms with E-state index >= 15 is 0 Å². The normalized spacial score (nSPS) is 13.3. The lowest BCUT2D eigenvalue weighted by atomic mass is 10.2. The zero-order valence-electron chi connectivity index (χ0n) is 19.1. The lowest BCUT2D eigenvalue weighted by Gasteiger charge is -2.27. The summed E-state index contributed by atoms with van der Waals surface area (Å²) in [6.07, 6.45) is 2.54. The highest BCUT2D eigenvalue weighted by atomic mass is 16.2. The number of hydrogen-bond acceptors (Lipinski definition) is 4. The van der Waals surface area contributed by atoms with Gasteiger partial charge in [0.05, 0.1) is 0 Å². The Morgan fingerprint density at radius 2 is 1.73 bits per heavy atom. The van der Waals surface area contributed by atoms with Crippen LogP contribution < -0.4 is 5.32 Å². The SMILES string of the molecule is CCN(CCCNC(=O)c1cn2c(n1)C(=O)N(Cc1ccccc1)CC2)Cc1ccccc1. The summed E-state index contributed by atoms with van der Waals surface area (Å²) in [5, 5.41) is 2.95. The molecule has 1 aliphatic heterocycles. The van der Waals surface area contributed by atoms with Crippen molar-refractivity contribution in [2.45, 2.75) is 33.0 Å². The van der Waals surface area contributed by atoms with Crippen molar-refractivity contribution >= 4 is 11.8 Å². The molecule has 33 heavy (non-hydrogen) atoms. The summed E-state index contributed by atoms with van der Waals surface area (Å²) in [5.74, 6) is -0.0311. The maximum atomic E-state index is 12.9. The van der Waals surface area contributed by atoms with Crippen molar-refractivity contribution in [1.29, 1.82) is 0 Å². The summed E-state index contributed by atoms with van der Waals surface area (Å²) in [5.41, 5.74) is 2.67. The smallest absolute Gasteiger partial charge is 0.290 e. The van der Waals surface area contributed by atoms with Crippen LogP contribution in [0.1, 0.15) is 45.6 Å². The third-order valence-electron chi connectivity index (χ3n) is 5.95. The minimum Gasteiger partial charge on any atom is -0.351 e. The van der Waals surface area contributed by atoms with Crippen LogP contribution in [-0.4, -0.2) is 57.3 Å². The Balaban J connectivity index is 1.27. The van der Waals surface area contributed by atoms with Crippen LogP contribution >= 0.6 is 0 Å². The number of amides is 2. The zero-order chi connectivity index (χ0) is 23.0. The first-order valence-electron chi connectivity index (χ1n) is 11.6. The van der Waals surface area contributed by atoms with E-state index in [4.69, 9.17) is 0 Å². The lowest BCUT2D eigenvalue weighted by Crippen LogP contribution is -2.39. The van der Waals surface area contributed by atoms with E-state index in [-0.39, 0.29) is 11.8 Å². The molecule has 172 valence electrons. The Morgan fingerprint density at radius 1 is 1.03 bits per heavy atom. The molecule has 0 saturated carbocycles. The molecular formula is C26H31N5O2. The minimum absolute atomic E-state index is 0.136. The Bertz CT molecular complexity index is 1060. The van der Waals surface area contributed by atoms with Crippen molar-refractivity contribution in [1.82, 2.24) is 24.7 Å². The first-order valence-corrected chi connectivity index (χ1v) is 11.6. The third kappa shape index (κ3) is 5.87. The summed E-state index contributed by atoms with van der Waals surface area (Å²) in [7, 11) is 0. The topological polar surface area (TPSA) is 70.5 Å². The van der Waals surface area contributed by atoms with Crippen molar-refractivity contribution in [2.75, 3.05) is 26.2 Å². The molecule has 0 fully saturated rings. The second-order valence-electron chi connectivity index (χ2n) is 8.32. The van der Waals surface area contributed by atoms with E-state index in [2.05, 4.69) is 46.4 Å². The zero-order valence-corrected chi connectivity index (χ0v) is 19.1. The number of aromatic nitrogens is 2. The molecule has 7 nitrogen and oxygen atoms in total. The van der Waals surface area contributed by atoms with Crippen LogP contribution in [0.2, 0.25) is 0 Å². The summed E-state index contributed by atoms with van der Waals surface area (Å²) < 4.78 is 1.79. The largest absolute Gasteiger partial charge is 0.351 e. The maximum absolute atomic E-state index is 12.9. The molecule has 4 rings (SSSR count). The molecule has 0 spiro atoms. The Labute approximate surface area is 195 Å². The molecule has 1 N–H and O–H groups in total. The second-order valence-corrected chi connectivity index (χ2v) is 8.32. The van der Waals surface area contributed by atoms with Crippen molar-refractivity contribution in [3.05, 3.63) is 89.5 Å². The van der Waals surface area contributed by atoms with Crippen LogP contribution in [0.5, 0.6) is 0 Å². The van der Waals surface area contributed by atoms with Crippen molar-refractivity contribution in [3.63, 3.8) is 0 Å². The van der Waals surface area contributed by atoms with Gasteiger partial charge in [-0.25, -0.2) is 4.98 Å². The average molecular weight is 446 g/mol. The van der Waals surface area contributed by atoms with E-state index in [1.54, 1.807) is 15.7 Å². The standard InChI is InChI=1S/C26H31N5O2/c1-2-29(18-21-10-5-3-6-11-21)15-9-14-27-25(32)23-20-30-16-17-31(26(33)24(30)28-23)19-22-12-7-4-8-13-22/h3-8,10-13,20H,2,9,14-19H2,1H3,(H,27,32). The predicted molar refractivity (Wildman–Crippen MR) is 128 cm³/mol. The Hall–Kier alpha value is -3.45. The van der Waals surface area contributed by atoms with Gasteiger partial charge in [0, 0.05) is 45.5 Å². The van der Waals surface area contributed by atoms with Crippen molar-refractivity contribution in [3.8, 4) is 0 Å². The molecule has 7 heteroatoms. The predicted octanol–water partition coefficient (Wildman–Crippen LogP) is 3.18. The number of benzene rings is 2. The van der Waals surface area contributed by atoms with Crippen LogP contribution in [0.3, 0.4) is 0 Å². The number of nitrogens with one attached hydrogen (secondary N) is 1. The first kappa shape index (κ1) is 22.7. The highest BCUT2D eigenvalue weighted by Gasteiger charge is 2.28. The van der Waals surface area contributed by atoms with Crippen LogP contribution in [0.15, 0.2) is 66.9 Å². The number of imidazole rings is 1. The molecule has 0 radical (unpaired) electrons. The van der Waals surface area contributed by atoms with Crippen LogP contribution in [0.4, 0.5) is 0 Å². The molecule has 2 amide bonds. The summed E-state index contributed by atoms with van der Waals surface area (Å²) >= 11 is 0. The second kappa shape index (κ2) is 10.9. The highest BCUT2D eigenvalue weighted by Crippen LogP contribution is 2.16. The van der Waals surface area contributed by atoms with Gasteiger partial charge in [0.25, 0.3) is 11.8 Å². The van der Waals surface area contributed by atoms with Gasteiger partial charge in [-0.1, -0.05) is 67.6 Å². The monoisotopic (exact) mass is 445 g/mol. The molecule has 2 heterocycles. The van der Waals surface area contributed by atoms with Gasteiger partial charge in [0.2, 0.25) is 0 Å². The molecule has 2 aromatic carbocycles. The fourth-order valence-corrected chi connectivity index (χ4v) is 4.08. The summed E-state index contributed by atoms with van der Waals surface area (Å²) in [6.45, 7) is 7.27. The molecule has 1 aromatic heterocycles. The van der Waals surface area contributed by atoms with Gasteiger partial charge in [-0.3, -0.25) is 14.5 Å². The van der Waals surface area contributed by atoms with Crippen molar-refractivity contribution in [2.24, 2.45) is 0 Å². The van der Waals surface area contributed by atoms with Gasteiger partial charge in [-0.2, -0.15) is 0 Å². The van der Waals surface area contributed by atoms with Gasteiger partial charge in [0.15, 0.2) is 5.82 Å². The molecule has 1 aliphatic rings. The fourth-order valence-electron chi connectivity index (χ4n) is 4.08. The van der Waals surface area contributed by atoms with E-state index in [0.717, 1.165) is 31.6 Å². The van der Waals surface area contributed by atoms with E-state index < -0.39 is 0 Å². The van der Waals surface area contributed by atoms with Gasteiger partial charge >= 0.3 is 0 Å². The van der Waals surface area contributed by atoms with E-state index in [9.17, 15) is 9.59 Å². The molecule has 3 aromatic rings. The Morgan fingerprint density at radius 3 is 2.42 bits per heavy atom. The van der Waals surface area contributed by atoms with Crippen LogP contribution in [0, 0.1) is 0 Å². The van der Waals surface area contributed by atoms with E-state index in [1.165, 1.54) is 5.56 Å². The number of hydrogen-bond donors (Lipinski definition) is 1.